The molecule has 2 amide bonds. The van der Waals surface area contributed by atoms with Gasteiger partial charge in [-0.2, -0.15) is 0 Å². The fourth-order valence-corrected chi connectivity index (χ4v) is 4.23. The van der Waals surface area contributed by atoms with Gasteiger partial charge in [-0.3, -0.25) is 9.59 Å². The number of aromatic nitrogens is 1. The van der Waals surface area contributed by atoms with Gasteiger partial charge in [0.05, 0.1) is 21.7 Å². The summed E-state index contributed by atoms with van der Waals surface area (Å²) in [5, 5.41) is 3.62. The second kappa shape index (κ2) is 8.17. The zero-order valence-electron chi connectivity index (χ0n) is 16.7. The van der Waals surface area contributed by atoms with Crippen LogP contribution in [0.25, 0.3) is 5.69 Å². The smallest absolute Gasteiger partial charge is 0.229 e. The Morgan fingerprint density at radius 1 is 1.00 bits per heavy atom. The van der Waals surface area contributed by atoms with Crippen molar-refractivity contribution >= 4 is 46.4 Å². The fraction of sp³-hybridized carbons (Fsp3) is 0.217. The van der Waals surface area contributed by atoms with Gasteiger partial charge in [0.15, 0.2) is 0 Å². The summed E-state index contributed by atoms with van der Waals surface area (Å²) in [6, 6.07) is 16.9. The van der Waals surface area contributed by atoms with Gasteiger partial charge < -0.3 is 14.8 Å². The number of nitrogens with one attached hydrogen (secondary N) is 1. The van der Waals surface area contributed by atoms with Crippen LogP contribution in [0.1, 0.15) is 17.8 Å². The van der Waals surface area contributed by atoms with Crippen molar-refractivity contribution in [2.45, 2.75) is 20.3 Å². The molecule has 1 N–H and O–H groups in total. The number of carbonyl (C=O) groups excluding carboxylic acids is 2. The Morgan fingerprint density at radius 2 is 1.67 bits per heavy atom. The molecule has 0 radical (unpaired) electrons. The van der Waals surface area contributed by atoms with Crippen molar-refractivity contribution in [1.29, 1.82) is 0 Å². The number of anilines is 2. The van der Waals surface area contributed by atoms with Crippen LogP contribution in [0.4, 0.5) is 11.4 Å². The molecule has 1 aromatic heterocycles. The molecule has 0 bridgehead atoms. The van der Waals surface area contributed by atoms with E-state index < -0.39 is 5.92 Å². The highest BCUT2D eigenvalue weighted by Crippen LogP contribution is 2.36. The summed E-state index contributed by atoms with van der Waals surface area (Å²) in [6.07, 6.45) is 0.133. The number of halogens is 2. The minimum absolute atomic E-state index is 0.133. The second-order valence-electron chi connectivity index (χ2n) is 7.47. The maximum absolute atomic E-state index is 12.8. The summed E-state index contributed by atoms with van der Waals surface area (Å²) < 4.78 is 2.15. The Bertz CT molecular complexity index is 1100. The molecule has 1 aliphatic rings. The van der Waals surface area contributed by atoms with E-state index in [9.17, 15) is 9.59 Å². The molecule has 2 aromatic carbocycles. The maximum atomic E-state index is 12.8. The van der Waals surface area contributed by atoms with E-state index in [1.807, 2.05) is 24.3 Å². The van der Waals surface area contributed by atoms with E-state index in [1.54, 1.807) is 18.2 Å². The molecule has 1 saturated heterocycles. The van der Waals surface area contributed by atoms with Crippen LogP contribution in [0.3, 0.4) is 0 Å². The van der Waals surface area contributed by atoms with E-state index in [0.29, 0.717) is 21.4 Å². The van der Waals surface area contributed by atoms with Crippen molar-refractivity contribution in [2.75, 3.05) is 16.8 Å². The van der Waals surface area contributed by atoms with Gasteiger partial charge in [-0.15, -0.1) is 0 Å². The van der Waals surface area contributed by atoms with Crippen LogP contribution in [0.15, 0.2) is 54.6 Å². The Balaban J connectivity index is 1.46. The first-order valence-electron chi connectivity index (χ1n) is 9.66. The van der Waals surface area contributed by atoms with Crippen molar-refractivity contribution in [3.05, 3.63) is 76.0 Å². The predicted molar refractivity (Wildman–Crippen MR) is 121 cm³/mol. The molecule has 4 rings (SSSR count). The first kappa shape index (κ1) is 20.5. The van der Waals surface area contributed by atoms with Crippen molar-refractivity contribution in [3.8, 4) is 5.69 Å². The molecule has 1 fully saturated rings. The van der Waals surface area contributed by atoms with E-state index in [-0.39, 0.29) is 24.8 Å². The molecule has 2 heterocycles. The Kier molecular flexibility index (Phi) is 5.58. The minimum Gasteiger partial charge on any atom is -0.326 e. The Hall–Kier alpha value is -2.76. The summed E-state index contributed by atoms with van der Waals surface area (Å²) in [5.74, 6) is -0.792. The van der Waals surface area contributed by atoms with Crippen LogP contribution < -0.4 is 10.2 Å². The highest BCUT2D eigenvalue weighted by Gasteiger charge is 2.36. The monoisotopic (exact) mass is 441 g/mol. The number of carbonyl (C=O) groups is 2. The van der Waals surface area contributed by atoms with Gasteiger partial charge in [0.25, 0.3) is 0 Å². The van der Waals surface area contributed by atoms with E-state index in [4.69, 9.17) is 23.2 Å². The molecule has 0 unspecified atom stereocenters. The standard InChI is InChI=1S/C23H21Cl2N3O2/c1-14-6-7-15(2)28(14)18-10-8-17(9-11-18)26-23(30)16-12-21(29)27(13-16)20-5-3-4-19(24)22(20)25/h3-11,16H,12-13H2,1-2H3,(H,26,30)/t16-/m1/s1. The van der Waals surface area contributed by atoms with Crippen LogP contribution in [-0.4, -0.2) is 22.9 Å². The van der Waals surface area contributed by atoms with Crippen molar-refractivity contribution in [2.24, 2.45) is 5.92 Å². The zero-order chi connectivity index (χ0) is 21.4. The van der Waals surface area contributed by atoms with Crippen LogP contribution in [-0.2, 0) is 9.59 Å². The topological polar surface area (TPSA) is 54.3 Å². The molecule has 0 aliphatic carbocycles. The van der Waals surface area contributed by atoms with Gasteiger partial charge in [0, 0.05) is 35.7 Å². The molecule has 5 nitrogen and oxygen atoms in total. The molecular weight excluding hydrogens is 421 g/mol. The van der Waals surface area contributed by atoms with E-state index in [2.05, 4.69) is 35.9 Å². The van der Waals surface area contributed by atoms with Gasteiger partial charge in [0.1, 0.15) is 0 Å². The van der Waals surface area contributed by atoms with Crippen LogP contribution in [0.2, 0.25) is 10.0 Å². The van der Waals surface area contributed by atoms with Gasteiger partial charge in [-0.1, -0.05) is 29.3 Å². The van der Waals surface area contributed by atoms with E-state index in [0.717, 1.165) is 17.1 Å². The predicted octanol–water partition coefficient (Wildman–Crippen LogP) is 5.39. The van der Waals surface area contributed by atoms with E-state index in [1.165, 1.54) is 4.90 Å². The molecule has 3 aromatic rings. The summed E-state index contributed by atoms with van der Waals surface area (Å²) >= 11 is 12.3. The minimum atomic E-state index is -0.457. The number of aryl methyl sites for hydroxylation is 2. The lowest BCUT2D eigenvalue weighted by Crippen LogP contribution is -2.28. The number of hydrogen-bond acceptors (Lipinski definition) is 2. The average Bonchev–Trinajstić information content (AvgIpc) is 3.27. The maximum Gasteiger partial charge on any atom is 0.229 e. The Labute approximate surface area is 185 Å². The lowest BCUT2D eigenvalue weighted by atomic mass is 10.1. The molecular formula is C23H21Cl2N3O2. The second-order valence-corrected chi connectivity index (χ2v) is 8.25. The molecule has 1 aliphatic heterocycles. The third kappa shape index (κ3) is 3.83. The highest BCUT2D eigenvalue weighted by molar-refractivity contribution is 6.44. The number of hydrogen-bond donors (Lipinski definition) is 1. The van der Waals surface area contributed by atoms with Gasteiger partial charge in [0.2, 0.25) is 11.8 Å². The van der Waals surface area contributed by atoms with Crippen LogP contribution in [0, 0.1) is 19.8 Å². The molecule has 0 spiro atoms. The lowest BCUT2D eigenvalue weighted by Gasteiger charge is -2.18. The molecule has 0 saturated carbocycles. The number of nitrogens with zero attached hydrogens (tertiary/aromatic N) is 2. The normalized spacial score (nSPS) is 16.2. The zero-order valence-corrected chi connectivity index (χ0v) is 18.2. The fourth-order valence-electron chi connectivity index (χ4n) is 3.83. The third-order valence-corrected chi connectivity index (χ3v) is 6.19. The summed E-state index contributed by atoms with van der Waals surface area (Å²) in [4.78, 5) is 26.8. The lowest BCUT2D eigenvalue weighted by molar-refractivity contribution is -0.122. The number of rotatable bonds is 4. The summed E-state index contributed by atoms with van der Waals surface area (Å²) in [5.41, 5.74) is 4.55. The molecule has 1 atom stereocenters. The third-order valence-electron chi connectivity index (χ3n) is 5.38. The van der Waals surface area contributed by atoms with E-state index >= 15 is 0 Å². The molecule has 30 heavy (non-hydrogen) atoms. The largest absolute Gasteiger partial charge is 0.326 e. The molecule has 7 heteroatoms. The van der Waals surface area contributed by atoms with Gasteiger partial charge in [-0.05, 0) is 62.4 Å². The summed E-state index contributed by atoms with van der Waals surface area (Å²) in [6.45, 7) is 4.38. The van der Waals surface area contributed by atoms with Crippen molar-refractivity contribution < 1.29 is 9.59 Å². The number of amides is 2. The van der Waals surface area contributed by atoms with Gasteiger partial charge in [-0.25, -0.2) is 0 Å². The molecule has 154 valence electrons. The average molecular weight is 442 g/mol. The number of benzene rings is 2. The first-order valence-corrected chi connectivity index (χ1v) is 10.4. The highest BCUT2D eigenvalue weighted by atomic mass is 35.5. The first-order chi connectivity index (χ1) is 14.3. The van der Waals surface area contributed by atoms with Crippen LogP contribution in [0.5, 0.6) is 0 Å². The van der Waals surface area contributed by atoms with Crippen molar-refractivity contribution in [3.63, 3.8) is 0 Å². The SMILES string of the molecule is Cc1ccc(C)n1-c1ccc(NC(=O)[C@@H]2CC(=O)N(c3cccc(Cl)c3Cl)C2)cc1. The van der Waals surface area contributed by atoms with Gasteiger partial charge >= 0.3 is 0 Å². The van der Waals surface area contributed by atoms with Crippen LogP contribution >= 0.6 is 23.2 Å². The summed E-state index contributed by atoms with van der Waals surface area (Å²) in [7, 11) is 0. The van der Waals surface area contributed by atoms with Crippen molar-refractivity contribution in [1.82, 2.24) is 4.57 Å². The Morgan fingerprint density at radius 3 is 2.33 bits per heavy atom. The quantitative estimate of drug-likeness (QED) is 0.589.